The van der Waals surface area contributed by atoms with Crippen molar-refractivity contribution in [2.45, 2.75) is 13.0 Å². The Balaban J connectivity index is 1.37. The Morgan fingerprint density at radius 3 is 2.47 bits per heavy atom. The second-order valence-corrected chi connectivity index (χ2v) is 9.40. The van der Waals surface area contributed by atoms with Crippen molar-refractivity contribution >= 4 is 27.7 Å². The summed E-state index contributed by atoms with van der Waals surface area (Å²) in [4.78, 5) is 25.1. The normalized spacial score (nSPS) is 15.2. The number of para-hydroxylation sites is 2. The first kappa shape index (κ1) is 22.6. The molecule has 2 aromatic heterocycles. The smallest absolute Gasteiger partial charge is 0.255 e. The van der Waals surface area contributed by atoms with Crippen LogP contribution >= 0.6 is 0 Å². The van der Waals surface area contributed by atoms with E-state index in [1.807, 2.05) is 35.2 Å². The summed E-state index contributed by atoms with van der Waals surface area (Å²) < 4.78 is 2.20. The number of nitrogens with zero attached hydrogens (tertiary/aromatic N) is 5. The van der Waals surface area contributed by atoms with E-state index in [0.29, 0.717) is 12.1 Å². The Kier molecular flexibility index (Phi) is 6.61. The van der Waals surface area contributed by atoms with Gasteiger partial charge < -0.3 is 19.3 Å². The van der Waals surface area contributed by atoms with Gasteiger partial charge in [-0.3, -0.25) is 9.78 Å². The Bertz CT molecular complexity index is 1290. The molecule has 176 valence electrons. The van der Waals surface area contributed by atoms with Crippen LogP contribution in [-0.2, 0) is 13.6 Å². The van der Waals surface area contributed by atoms with Crippen LogP contribution in [0.1, 0.15) is 22.5 Å². The number of rotatable bonds is 7. The molecule has 0 radical (unpaired) electrons. The number of amides is 1. The third kappa shape index (κ3) is 4.83. The summed E-state index contributed by atoms with van der Waals surface area (Å²) in [5.74, 6) is 0.0434. The van der Waals surface area contributed by atoms with Crippen LogP contribution in [0.3, 0.4) is 0 Å². The summed E-state index contributed by atoms with van der Waals surface area (Å²) in [6.07, 6.45) is 2.68. The molecule has 0 spiro atoms. The summed E-state index contributed by atoms with van der Waals surface area (Å²) in [5, 5.41) is 2.20. The number of pyridine rings is 1. The van der Waals surface area contributed by atoms with Gasteiger partial charge in [-0.1, -0.05) is 36.4 Å². The number of carbonyl (C=O) groups excluding carboxylic acids is 1. The zero-order chi connectivity index (χ0) is 23.5. The first-order valence-electron chi connectivity index (χ1n) is 12.2. The van der Waals surface area contributed by atoms with Crippen LogP contribution in [-0.4, -0.2) is 76.5 Å². The van der Waals surface area contributed by atoms with E-state index < -0.39 is 0 Å². The van der Waals surface area contributed by atoms with Crippen molar-refractivity contribution in [3.63, 3.8) is 0 Å². The number of hydrogen-bond donors (Lipinski definition) is 0. The van der Waals surface area contributed by atoms with E-state index in [-0.39, 0.29) is 5.91 Å². The molecule has 6 nitrogen and oxygen atoms in total. The van der Waals surface area contributed by atoms with Gasteiger partial charge in [-0.25, -0.2) is 0 Å². The highest BCUT2D eigenvalue weighted by Crippen LogP contribution is 2.21. The lowest BCUT2D eigenvalue weighted by molar-refractivity contribution is 0.0725. The summed E-state index contributed by atoms with van der Waals surface area (Å²) >= 11 is 0. The number of benzene rings is 2. The van der Waals surface area contributed by atoms with Gasteiger partial charge in [-0.15, -0.1) is 0 Å². The minimum atomic E-state index is 0.0434. The predicted octanol–water partition coefficient (Wildman–Crippen LogP) is 4.01. The van der Waals surface area contributed by atoms with E-state index in [1.54, 1.807) is 6.20 Å². The van der Waals surface area contributed by atoms with Crippen LogP contribution in [0.15, 0.2) is 66.9 Å². The van der Waals surface area contributed by atoms with Crippen LogP contribution < -0.4 is 0 Å². The molecule has 0 atom stereocenters. The maximum absolute atomic E-state index is 13.7. The van der Waals surface area contributed by atoms with Crippen LogP contribution in [0.4, 0.5) is 0 Å². The molecular formula is C28H33N5O. The van der Waals surface area contributed by atoms with Gasteiger partial charge in [-0.05, 0) is 49.7 Å². The van der Waals surface area contributed by atoms with Crippen LogP contribution in [0.5, 0.6) is 0 Å². The molecular weight excluding hydrogens is 422 g/mol. The Hall–Kier alpha value is -3.22. The predicted molar refractivity (Wildman–Crippen MR) is 138 cm³/mol. The Labute approximate surface area is 201 Å². The summed E-state index contributed by atoms with van der Waals surface area (Å²) in [6, 6.07) is 20.5. The molecule has 0 N–H and O–H groups in total. The van der Waals surface area contributed by atoms with Crippen molar-refractivity contribution in [1.29, 1.82) is 0 Å². The lowest BCUT2D eigenvalue weighted by atomic mass is 10.1. The van der Waals surface area contributed by atoms with E-state index in [0.717, 1.165) is 62.3 Å². The van der Waals surface area contributed by atoms with Crippen LogP contribution in [0, 0.1) is 0 Å². The fraction of sp³-hybridized carbons (Fsp3) is 0.357. The fourth-order valence-electron chi connectivity index (χ4n) is 4.87. The molecule has 1 saturated heterocycles. The van der Waals surface area contributed by atoms with Crippen molar-refractivity contribution in [2.24, 2.45) is 7.05 Å². The second-order valence-electron chi connectivity index (χ2n) is 9.40. The second kappa shape index (κ2) is 9.95. The summed E-state index contributed by atoms with van der Waals surface area (Å²) in [7, 11) is 4.27. The average Bonchev–Trinajstić information content (AvgIpc) is 3.19. The van der Waals surface area contributed by atoms with Crippen molar-refractivity contribution < 1.29 is 4.79 Å². The third-order valence-corrected chi connectivity index (χ3v) is 7.03. The molecule has 1 aliphatic rings. The summed E-state index contributed by atoms with van der Waals surface area (Å²) in [6.45, 7) is 6.75. The first-order valence-corrected chi connectivity index (χ1v) is 12.2. The number of piperazine rings is 1. The number of aromatic nitrogens is 2. The van der Waals surface area contributed by atoms with Crippen molar-refractivity contribution in [2.75, 3.05) is 46.3 Å². The van der Waals surface area contributed by atoms with Crippen molar-refractivity contribution in [3.05, 3.63) is 78.1 Å². The number of fused-ring (bicyclic) bond motifs is 2. The maximum Gasteiger partial charge on any atom is 0.255 e. The van der Waals surface area contributed by atoms with E-state index in [2.05, 4.69) is 63.8 Å². The van der Waals surface area contributed by atoms with Crippen LogP contribution in [0.25, 0.3) is 21.8 Å². The molecule has 3 heterocycles. The quantitative estimate of drug-likeness (QED) is 0.423. The lowest BCUT2D eigenvalue weighted by Gasteiger charge is -2.33. The van der Waals surface area contributed by atoms with Gasteiger partial charge in [0.2, 0.25) is 0 Å². The molecule has 2 aromatic carbocycles. The molecule has 6 heteroatoms. The number of hydrogen-bond acceptors (Lipinski definition) is 4. The molecule has 1 amide bonds. The largest absolute Gasteiger partial charge is 0.346 e. The fourth-order valence-corrected chi connectivity index (χ4v) is 4.87. The van der Waals surface area contributed by atoms with Gasteiger partial charge in [-0.2, -0.15) is 0 Å². The summed E-state index contributed by atoms with van der Waals surface area (Å²) in [5.41, 5.74) is 3.89. The molecule has 5 rings (SSSR count). The van der Waals surface area contributed by atoms with Crippen LogP contribution in [0.2, 0.25) is 0 Å². The van der Waals surface area contributed by atoms with E-state index >= 15 is 0 Å². The Morgan fingerprint density at radius 2 is 1.68 bits per heavy atom. The van der Waals surface area contributed by atoms with E-state index in [1.165, 1.54) is 10.9 Å². The van der Waals surface area contributed by atoms with Gasteiger partial charge in [0, 0.05) is 62.6 Å². The molecule has 0 aliphatic carbocycles. The molecule has 34 heavy (non-hydrogen) atoms. The number of carbonyl (C=O) groups is 1. The van der Waals surface area contributed by atoms with Crippen molar-refractivity contribution in [3.8, 4) is 0 Å². The monoisotopic (exact) mass is 455 g/mol. The highest BCUT2D eigenvalue weighted by molar-refractivity contribution is 5.97. The topological polar surface area (TPSA) is 44.6 Å². The maximum atomic E-state index is 13.7. The van der Waals surface area contributed by atoms with E-state index in [9.17, 15) is 4.79 Å². The zero-order valence-electron chi connectivity index (χ0n) is 20.2. The molecule has 0 bridgehead atoms. The minimum Gasteiger partial charge on any atom is -0.346 e. The zero-order valence-corrected chi connectivity index (χ0v) is 20.2. The lowest BCUT2D eigenvalue weighted by Crippen LogP contribution is -2.45. The Morgan fingerprint density at radius 1 is 0.941 bits per heavy atom. The SMILES string of the molecule is CN1CCN(CCCN(Cc2cc3ccccc3n2C)C(=O)c2cnc3ccccc3c2)CC1. The van der Waals surface area contributed by atoms with Gasteiger partial charge in [0.15, 0.2) is 0 Å². The van der Waals surface area contributed by atoms with E-state index in [4.69, 9.17) is 0 Å². The van der Waals surface area contributed by atoms with Gasteiger partial charge in [0.05, 0.1) is 17.6 Å². The first-order chi connectivity index (χ1) is 16.6. The highest BCUT2D eigenvalue weighted by Gasteiger charge is 2.20. The number of aryl methyl sites for hydroxylation is 1. The highest BCUT2D eigenvalue weighted by atomic mass is 16.2. The van der Waals surface area contributed by atoms with Gasteiger partial charge in [0.25, 0.3) is 5.91 Å². The average molecular weight is 456 g/mol. The molecule has 1 fully saturated rings. The molecule has 0 unspecified atom stereocenters. The van der Waals surface area contributed by atoms with Gasteiger partial charge in [0.1, 0.15) is 0 Å². The third-order valence-electron chi connectivity index (χ3n) is 7.03. The standard InChI is InChI=1S/C28H33N5O/c1-30-14-16-32(17-15-30)12-7-13-33(21-25-19-23-9-4-6-11-27(23)31(25)2)28(34)24-18-22-8-3-5-10-26(22)29-20-24/h3-6,8-11,18-20H,7,12-17,21H2,1-2H3. The molecule has 1 aliphatic heterocycles. The molecule has 0 saturated carbocycles. The molecule has 4 aromatic rings. The number of likely N-dealkylation sites (N-methyl/N-ethyl adjacent to an activating group) is 1. The minimum absolute atomic E-state index is 0.0434. The van der Waals surface area contributed by atoms with Crippen molar-refractivity contribution in [1.82, 2.24) is 24.3 Å². The van der Waals surface area contributed by atoms with Gasteiger partial charge >= 0.3 is 0 Å².